The van der Waals surface area contributed by atoms with Crippen molar-refractivity contribution in [1.82, 2.24) is 9.97 Å². The van der Waals surface area contributed by atoms with E-state index < -0.39 is 0 Å². The largest absolute Gasteiger partial charge is 0.494 e. The SMILES string of the molecule is CCOc1ccc(Nc2ncc(I)cn2)cc1. The molecule has 0 atom stereocenters. The fraction of sp³-hybridized carbons (Fsp3) is 0.167. The van der Waals surface area contributed by atoms with Crippen molar-refractivity contribution in [2.75, 3.05) is 11.9 Å². The number of ether oxygens (including phenoxy) is 1. The van der Waals surface area contributed by atoms with E-state index in [9.17, 15) is 0 Å². The standard InChI is InChI=1S/C12H12IN3O/c1-2-17-11-5-3-10(4-6-11)16-12-14-7-9(13)8-15-12/h3-8H,2H2,1H3,(H,14,15,16). The molecule has 0 radical (unpaired) electrons. The van der Waals surface area contributed by atoms with Crippen molar-refractivity contribution in [3.8, 4) is 5.75 Å². The van der Waals surface area contributed by atoms with Crippen molar-refractivity contribution < 1.29 is 4.74 Å². The average Bonchev–Trinajstić information content (AvgIpc) is 2.35. The Morgan fingerprint density at radius 1 is 1.18 bits per heavy atom. The van der Waals surface area contributed by atoms with Crippen LogP contribution >= 0.6 is 22.6 Å². The lowest BCUT2D eigenvalue weighted by Crippen LogP contribution is -1.97. The molecule has 0 saturated heterocycles. The van der Waals surface area contributed by atoms with E-state index >= 15 is 0 Å². The summed E-state index contributed by atoms with van der Waals surface area (Å²) in [5.74, 6) is 1.45. The minimum Gasteiger partial charge on any atom is -0.494 e. The number of benzene rings is 1. The number of nitrogens with one attached hydrogen (secondary N) is 1. The third-order valence-corrected chi connectivity index (χ3v) is 2.60. The van der Waals surface area contributed by atoms with Gasteiger partial charge in [-0.3, -0.25) is 0 Å². The highest BCUT2D eigenvalue weighted by atomic mass is 127. The summed E-state index contributed by atoms with van der Waals surface area (Å²) in [6.45, 7) is 2.64. The fourth-order valence-corrected chi connectivity index (χ4v) is 1.59. The first-order valence-electron chi connectivity index (χ1n) is 5.25. The number of aromatic nitrogens is 2. The van der Waals surface area contributed by atoms with Gasteiger partial charge in [-0.05, 0) is 53.8 Å². The molecule has 2 aromatic rings. The highest BCUT2D eigenvalue weighted by Gasteiger charge is 1.98. The maximum absolute atomic E-state index is 5.37. The van der Waals surface area contributed by atoms with Gasteiger partial charge in [0.05, 0.1) is 6.61 Å². The van der Waals surface area contributed by atoms with Crippen LogP contribution in [0.4, 0.5) is 11.6 Å². The second-order valence-corrected chi connectivity index (χ2v) is 4.55. The molecule has 5 heteroatoms. The van der Waals surface area contributed by atoms with Crippen LogP contribution in [0.5, 0.6) is 5.75 Å². The minimum absolute atomic E-state index is 0.592. The van der Waals surface area contributed by atoms with E-state index in [2.05, 4.69) is 37.9 Å². The van der Waals surface area contributed by atoms with Crippen LogP contribution in [0, 0.1) is 3.57 Å². The van der Waals surface area contributed by atoms with Crippen LogP contribution in [-0.2, 0) is 0 Å². The third kappa shape index (κ3) is 3.55. The Balaban J connectivity index is 2.05. The summed E-state index contributed by atoms with van der Waals surface area (Å²) < 4.78 is 6.38. The molecule has 4 nitrogen and oxygen atoms in total. The summed E-state index contributed by atoms with van der Waals surface area (Å²) in [7, 11) is 0. The molecule has 1 N–H and O–H groups in total. The van der Waals surface area contributed by atoms with Crippen LogP contribution in [0.25, 0.3) is 0 Å². The maximum Gasteiger partial charge on any atom is 0.227 e. The van der Waals surface area contributed by atoms with Gasteiger partial charge in [-0.1, -0.05) is 0 Å². The maximum atomic E-state index is 5.37. The smallest absolute Gasteiger partial charge is 0.227 e. The molecule has 0 saturated carbocycles. The number of hydrogen-bond donors (Lipinski definition) is 1. The normalized spacial score (nSPS) is 10.0. The Morgan fingerprint density at radius 3 is 2.41 bits per heavy atom. The van der Waals surface area contributed by atoms with Crippen molar-refractivity contribution in [2.24, 2.45) is 0 Å². The lowest BCUT2D eigenvalue weighted by Gasteiger charge is -2.06. The Kier molecular flexibility index (Phi) is 4.13. The van der Waals surface area contributed by atoms with Gasteiger partial charge in [-0.2, -0.15) is 0 Å². The highest BCUT2D eigenvalue weighted by Crippen LogP contribution is 2.18. The second-order valence-electron chi connectivity index (χ2n) is 3.31. The van der Waals surface area contributed by atoms with Crippen molar-refractivity contribution in [3.63, 3.8) is 0 Å². The van der Waals surface area contributed by atoms with Gasteiger partial charge in [0.25, 0.3) is 0 Å². The van der Waals surface area contributed by atoms with Gasteiger partial charge in [0.15, 0.2) is 0 Å². The molecule has 0 aliphatic carbocycles. The monoisotopic (exact) mass is 341 g/mol. The van der Waals surface area contributed by atoms with E-state index in [-0.39, 0.29) is 0 Å². The number of halogens is 1. The van der Waals surface area contributed by atoms with Crippen molar-refractivity contribution in [3.05, 3.63) is 40.2 Å². The van der Waals surface area contributed by atoms with E-state index in [0.29, 0.717) is 12.6 Å². The molecule has 0 bridgehead atoms. The number of anilines is 2. The molecule has 1 aromatic carbocycles. The predicted octanol–water partition coefficient (Wildman–Crippen LogP) is 3.22. The predicted molar refractivity (Wildman–Crippen MR) is 75.6 cm³/mol. The first-order valence-corrected chi connectivity index (χ1v) is 6.33. The van der Waals surface area contributed by atoms with E-state index in [1.165, 1.54) is 0 Å². The fourth-order valence-electron chi connectivity index (χ4n) is 1.31. The van der Waals surface area contributed by atoms with Crippen LogP contribution < -0.4 is 10.1 Å². The lowest BCUT2D eigenvalue weighted by molar-refractivity contribution is 0.340. The number of nitrogens with zero attached hydrogens (tertiary/aromatic N) is 2. The zero-order chi connectivity index (χ0) is 12.1. The highest BCUT2D eigenvalue weighted by molar-refractivity contribution is 14.1. The zero-order valence-electron chi connectivity index (χ0n) is 9.35. The molecule has 0 fully saturated rings. The van der Waals surface area contributed by atoms with E-state index in [4.69, 9.17) is 4.74 Å². The van der Waals surface area contributed by atoms with E-state index in [0.717, 1.165) is 15.0 Å². The quantitative estimate of drug-likeness (QED) is 0.868. The minimum atomic E-state index is 0.592. The van der Waals surface area contributed by atoms with Crippen LogP contribution in [0.1, 0.15) is 6.92 Å². The Hall–Kier alpha value is -1.37. The lowest BCUT2D eigenvalue weighted by atomic mass is 10.3. The Bertz CT molecular complexity index is 470. The van der Waals surface area contributed by atoms with Gasteiger partial charge >= 0.3 is 0 Å². The van der Waals surface area contributed by atoms with Gasteiger partial charge in [0.2, 0.25) is 5.95 Å². The molecule has 0 aliphatic heterocycles. The summed E-state index contributed by atoms with van der Waals surface area (Å²) in [6.07, 6.45) is 3.54. The number of rotatable bonds is 4. The van der Waals surface area contributed by atoms with Crippen LogP contribution in [0.2, 0.25) is 0 Å². The van der Waals surface area contributed by atoms with Crippen molar-refractivity contribution in [1.29, 1.82) is 0 Å². The molecule has 0 spiro atoms. The van der Waals surface area contributed by atoms with Gasteiger partial charge in [-0.25, -0.2) is 9.97 Å². The molecule has 88 valence electrons. The van der Waals surface area contributed by atoms with Crippen LogP contribution in [0.15, 0.2) is 36.7 Å². The van der Waals surface area contributed by atoms with Crippen molar-refractivity contribution in [2.45, 2.75) is 6.92 Å². The zero-order valence-corrected chi connectivity index (χ0v) is 11.5. The Labute approximate surface area is 114 Å². The molecule has 0 amide bonds. The first-order chi connectivity index (χ1) is 8.28. The number of hydrogen-bond acceptors (Lipinski definition) is 4. The van der Waals surface area contributed by atoms with Crippen LogP contribution in [-0.4, -0.2) is 16.6 Å². The summed E-state index contributed by atoms with van der Waals surface area (Å²) in [5, 5.41) is 3.12. The third-order valence-electron chi connectivity index (χ3n) is 2.04. The summed E-state index contributed by atoms with van der Waals surface area (Å²) in [6, 6.07) is 7.70. The van der Waals surface area contributed by atoms with E-state index in [1.807, 2.05) is 31.2 Å². The topological polar surface area (TPSA) is 47.0 Å². The molecular formula is C12H12IN3O. The second kappa shape index (κ2) is 5.81. The molecule has 2 rings (SSSR count). The van der Waals surface area contributed by atoms with Gasteiger partial charge in [0, 0.05) is 21.7 Å². The molecular weight excluding hydrogens is 329 g/mol. The molecule has 0 aliphatic rings. The summed E-state index contributed by atoms with van der Waals surface area (Å²) in [4.78, 5) is 8.34. The molecule has 1 heterocycles. The summed E-state index contributed by atoms with van der Waals surface area (Å²) >= 11 is 2.17. The molecule has 17 heavy (non-hydrogen) atoms. The van der Waals surface area contributed by atoms with Gasteiger partial charge in [-0.15, -0.1) is 0 Å². The first kappa shape index (κ1) is 12.1. The van der Waals surface area contributed by atoms with Crippen LogP contribution in [0.3, 0.4) is 0 Å². The van der Waals surface area contributed by atoms with E-state index in [1.54, 1.807) is 12.4 Å². The Morgan fingerprint density at radius 2 is 1.82 bits per heavy atom. The molecule has 0 unspecified atom stereocenters. The van der Waals surface area contributed by atoms with Gasteiger partial charge < -0.3 is 10.1 Å². The molecule has 1 aromatic heterocycles. The average molecular weight is 341 g/mol. The summed E-state index contributed by atoms with van der Waals surface area (Å²) in [5.41, 5.74) is 0.940. The van der Waals surface area contributed by atoms with Crippen molar-refractivity contribution >= 4 is 34.2 Å². The van der Waals surface area contributed by atoms with Gasteiger partial charge in [0.1, 0.15) is 5.75 Å².